The van der Waals surface area contributed by atoms with E-state index in [0.717, 1.165) is 38.8 Å². The molecule has 0 radical (unpaired) electrons. The average molecular weight is 173 g/mol. The van der Waals surface area contributed by atoms with Crippen molar-refractivity contribution in [3.05, 3.63) is 0 Å². The minimum Gasteiger partial charge on any atom is -0.330 e. The van der Waals surface area contributed by atoms with Crippen LogP contribution in [-0.4, -0.2) is 19.1 Å². The second-order valence-electron chi connectivity index (χ2n) is 3.42. The smallest absolute Gasteiger partial charge is 0.00388 e. The van der Waals surface area contributed by atoms with Crippen LogP contribution in [0.4, 0.5) is 0 Å². The van der Waals surface area contributed by atoms with Crippen molar-refractivity contribution in [2.75, 3.05) is 13.1 Å². The van der Waals surface area contributed by atoms with Crippen molar-refractivity contribution in [1.29, 1.82) is 0 Å². The first kappa shape index (κ1) is 11.9. The Morgan fingerprint density at radius 2 is 1.58 bits per heavy atom. The molecule has 0 aliphatic heterocycles. The molecule has 0 heterocycles. The molecule has 0 aromatic rings. The van der Waals surface area contributed by atoms with Gasteiger partial charge in [0.2, 0.25) is 0 Å². The molecule has 6 N–H and O–H groups in total. The van der Waals surface area contributed by atoms with Gasteiger partial charge in [-0.1, -0.05) is 6.92 Å². The minimum atomic E-state index is 0.327. The summed E-state index contributed by atoms with van der Waals surface area (Å²) in [6.07, 6.45) is 4.24. The van der Waals surface area contributed by atoms with Crippen LogP contribution in [0.25, 0.3) is 0 Å². The second-order valence-corrected chi connectivity index (χ2v) is 3.42. The van der Waals surface area contributed by atoms with E-state index in [1.807, 2.05) is 0 Å². The largest absolute Gasteiger partial charge is 0.330 e. The number of rotatable bonds is 7. The SMILES string of the molecule is CCC(N)CC(CCN)CCN. The third kappa shape index (κ3) is 5.52. The van der Waals surface area contributed by atoms with E-state index < -0.39 is 0 Å². The van der Waals surface area contributed by atoms with Gasteiger partial charge in [-0.25, -0.2) is 0 Å². The molecule has 12 heavy (non-hydrogen) atoms. The van der Waals surface area contributed by atoms with Gasteiger partial charge in [-0.3, -0.25) is 0 Å². The molecule has 3 heteroatoms. The molecule has 74 valence electrons. The highest BCUT2D eigenvalue weighted by Crippen LogP contribution is 2.14. The third-order valence-corrected chi connectivity index (χ3v) is 2.31. The van der Waals surface area contributed by atoms with E-state index in [9.17, 15) is 0 Å². The van der Waals surface area contributed by atoms with Gasteiger partial charge in [0.15, 0.2) is 0 Å². The molecule has 1 atom stereocenters. The van der Waals surface area contributed by atoms with E-state index in [0.29, 0.717) is 12.0 Å². The van der Waals surface area contributed by atoms with Crippen molar-refractivity contribution in [2.24, 2.45) is 23.1 Å². The molecule has 3 nitrogen and oxygen atoms in total. The Morgan fingerprint density at radius 3 is 1.92 bits per heavy atom. The first-order valence-electron chi connectivity index (χ1n) is 4.90. The molecule has 0 rings (SSSR count). The van der Waals surface area contributed by atoms with Crippen LogP contribution in [0, 0.1) is 5.92 Å². The summed E-state index contributed by atoms with van der Waals surface area (Å²) >= 11 is 0. The Labute approximate surface area is 75.7 Å². The Balaban J connectivity index is 3.61. The van der Waals surface area contributed by atoms with Crippen LogP contribution in [0.3, 0.4) is 0 Å². The van der Waals surface area contributed by atoms with E-state index in [-0.39, 0.29) is 0 Å². The van der Waals surface area contributed by atoms with E-state index in [1.165, 1.54) is 0 Å². The molecular weight excluding hydrogens is 150 g/mol. The monoisotopic (exact) mass is 173 g/mol. The van der Waals surface area contributed by atoms with Gasteiger partial charge < -0.3 is 17.2 Å². The van der Waals surface area contributed by atoms with Gasteiger partial charge >= 0.3 is 0 Å². The molecule has 0 saturated heterocycles. The fraction of sp³-hybridized carbons (Fsp3) is 1.00. The molecule has 0 spiro atoms. The van der Waals surface area contributed by atoms with Crippen LogP contribution >= 0.6 is 0 Å². The first-order chi connectivity index (χ1) is 5.74. The maximum absolute atomic E-state index is 5.85. The lowest BCUT2D eigenvalue weighted by Crippen LogP contribution is -2.25. The predicted molar refractivity (Wildman–Crippen MR) is 53.7 cm³/mol. The number of hydrogen-bond acceptors (Lipinski definition) is 3. The van der Waals surface area contributed by atoms with Crippen molar-refractivity contribution in [3.8, 4) is 0 Å². The molecule has 0 aromatic carbocycles. The van der Waals surface area contributed by atoms with Gasteiger partial charge in [0.1, 0.15) is 0 Å². The Morgan fingerprint density at radius 1 is 1.08 bits per heavy atom. The zero-order valence-electron chi connectivity index (χ0n) is 8.13. The molecule has 0 fully saturated rings. The third-order valence-electron chi connectivity index (χ3n) is 2.31. The average Bonchev–Trinajstić information content (AvgIpc) is 2.05. The summed E-state index contributed by atoms with van der Waals surface area (Å²) in [6.45, 7) is 3.62. The summed E-state index contributed by atoms with van der Waals surface area (Å²) < 4.78 is 0. The van der Waals surface area contributed by atoms with Gasteiger partial charge in [-0.05, 0) is 44.7 Å². The summed E-state index contributed by atoms with van der Waals surface area (Å²) in [6, 6.07) is 0.327. The quantitative estimate of drug-likeness (QED) is 0.522. The fourth-order valence-corrected chi connectivity index (χ4v) is 1.45. The Bertz CT molecular complexity index is 89.8. The summed E-state index contributed by atoms with van der Waals surface area (Å²) in [7, 11) is 0. The molecule has 0 aliphatic rings. The van der Waals surface area contributed by atoms with Gasteiger partial charge in [0.25, 0.3) is 0 Å². The first-order valence-corrected chi connectivity index (χ1v) is 4.90. The molecule has 0 aromatic heterocycles. The Kier molecular flexibility index (Phi) is 7.45. The standard InChI is InChI=1S/C9H23N3/c1-2-9(12)7-8(3-5-10)4-6-11/h8-9H,2-7,10-12H2,1H3. The molecule has 0 bridgehead atoms. The molecule has 0 amide bonds. The lowest BCUT2D eigenvalue weighted by molar-refractivity contribution is 0.386. The number of hydrogen-bond donors (Lipinski definition) is 3. The van der Waals surface area contributed by atoms with E-state index in [1.54, 1.807) is 0 Å². The maximum Gasteiger partial charge on any atom is 0.00388 e. The molecule has 0 aliphatic carbocycles. The topological polar surface area (TPSA) is 78.1 Å². The summed E-state index contributed by atoms with van der Waals surface area (Å²) in [5.41, 5.74) is 16.8. The summed E-state index contributed by atoms with van der Waals surface area (Å²) in [4.78, 5) is 0. The Hall–Kier alpha value is -0.120. The van der Waals surface area contributed by atoms with Crippen LogP contribution in [0.5, 0.6) is 0 Å². The zero-order valence-corrected chi connectivity index (χ0v) is 8.13. The normalized spacial score (nSPS) is 13.8. The van der Waals surface area contributed by atoms with Crippen molar-refractivity contribution in [1.82, 2.24) is 0 Å². The summed E-state index contributed by atoms with van der Waals surface area (Å²) in [5.74, 6) is 0.634. The molecule has 1 unspecified atom stereocenters. The highest BCUT2D eigenvalue weighted by Gasteiger charge is 2.10. The van der Waals surface area contributed by atoms with Gasteiger partial charge in [0.05, 0.1) is 0 Å². The molecule has 0 saturated carbocycles. The number of nitrogens with two attached hydrogens (primary N) is 3. The summed E-state index contributed by atoms with van der Waals surface area (Å²) in [5, 5.41) is 0. The van der Waals surface area contributed by atoms with Crippen LogP contribution < -0.4 is 17.2 Å². The maximum atomic E-state index is 5.85. The second kappa shape index (κ2) is 7.53. The van der Waals surface area contributed by atoms with Gasteiger partial charge in [-0.15, -0.1) is 0 Å². The van der Waals surface area contributed by atoms with Crippen molar-refractivity contribution in [3.63, 3.8) is 0 Å². The zero-order chi connectivity index (χ0) is 9.40. The van der Waals surface area contributed by atoms with Crippen LogP contribution in [0.2, 0.25) is 0 Å². The van der Waals surface area contributed by atoms with Crippen LogP contribution in [0.15, 0.2) is 0 Å². The van der Waals surface area contributed by atoms with E-state index >= 15 is 0 Å². The van der Waals surface area contributed by atoms with Gasteiger partial charge in [-0.2, -0.15) is 0 Å². The lowest BCUT2D eigenvalue weighted by atomic mass is 9.93. The highest BCUT2D eigenvalue weighted by molar-refractivity contribution is 4.68. The van der Waals surface area contributed by atoms with Gasteiger partial charge in [0, 0.05) is 6.04 Å². The highest BCUT2D eigenvalue weighted by atomic mass is 14.6. The molecular formula is C9H23N3. The van der Waals surface area contributed by atoms with Crippen molar-refractivity contribution in [2.45, 2.75) is 38.6 Å². The van der Waals surface area contributed by atoms with E-state index in [4.69, 9.17) is 17.2 Å². The lowest BCUT2D eigenvalue weighted by Gasteiger charge is -2.18. The van der Waals surface area contributed by atoms with Crippen LogP contribution in [-0.2, 0) is 0 Å². The predicted octanol–water partition coefficient (Wildman–Crippen LogP) is 0.428. The van der Waals surface area contributed by atoms with Crippen molar-refractivity contribution >= 4 is 0 Å². The fourth-order valence-electron chi connectivity index (χ4n) is 1.45. The minimum absolute atomic E-state index is 0.327. The van der Waals surface area contributed by atoms with E-state index in [2.05, 4.69) is 6.92 Å². The van der Waals surface area contributed by atoms with Crippen LogP contribution in [0.1, 0.15) is 32.6 Å². The van der Waals surface area contributed by atoms with Crippen molar-refractivity contribution < 1.29 is 0 Å².